The molecule has 0 saturated heterocycles. The number of hydrogen-bond acceptors (Lipinski definition) is 6. The summed E-state index contributed by atoms with van der Waals surface area (Å²) in [6.07, 6.45) is 0. The number of furan rings is 1. The number of hydrogen-bond donors (Lipinski definition) is 1. The lowest BCUT2D eigenvalue weighted by Crippen LogP contribution is -2.30. The molecular weight excluding hydrogens is 445 g/mol. The zero-order valence-electron chi connectivity index (χ0n) is 17.7. The van der Waals surface area contributed by atoms with Crippen molar-refractivity contribution in [2.45, 2.75) is 13.0 Å². The van der Waals surface area contributed by atoms with E-state index in [4.69, 9.17) is 9.15 Å². The van der Waals surface area contributed by atoms with Gasteiger partial charge in [0.05, 0.1) is 12.7 Å². The molecule has 2 aromatic carbocycles. The summed E-state index contributed by atoms with van der Waals surface area (Å²) in [5.41, 5.74) is 1.52. The number of methoxy groups -OCH3 is 1. The Kier molecular flexibility index (Phi) is 5.02. The predicted octanol–water partition coefficient (Wildman–Crippen LogP) is 5.73. The van der Waals surface area contributed by atoms with Crippen molar-refractivity contribution in [1.82, 2.24) is 0 Å². The molecule has 6 nitrogen and oxygen atoms in total. The summed E-state index contributed by atoms with van der Waals surface area (Å²) in [6.45, 7) is 1.86. The summed E-state index contributed by atoms with van der Waals surface area (Å²) in [7, 11) is 1.50. The van der Waals surface area contributed by atoms with Crippen LogP contribution in [0.25, 0.3) is 11.0 Å². The second-order valence-corrected chi connectivity index (χ2v) is 8.55. The van der Waals surface area contributed by atoms with Crippen LogP contribution in [0.2, 0.25) is 0 Å². The molecule has 0 spiro atoms. The van der Waals surface area contributed by atoms with Crippen LogP contribution in [0.3, 0.4) is 0 Å². The highest BCUT2D eigenvalue weighted by Gasteiger charge is 2.46. The van der Waals surface area contributed by atoms with Gasteiger partial charge in [-0.3, -0.25) is 14.5 Å². The van der Waals surface area contributed by atoms with Gasteiger partial charge in [-0.15, -0.1) is 11.3 Å². The van der Waals surface area contributed by atoms with Crippen LogP contribution in [0.5, 0.6) is 5.75 Å². The highest BCUT2D eigenvalue weighted by Crippen LogP contribution is 2.45. The monoisotopic (exact) mass is 463 g/mol. The van der Waals surface area contributed by atoms with E-state index in [1.165, 1.54) is 47.6 Å². The molecule has 5 rings (SSSR count). The first kappa shape index (κ1) is 21.0. The van der Waals surface area contributed by atoms with Crippen molar-refractivity contribution in [3.63, 3.8) is 0 Å². The average molecular weight is 463 g/mol. The van der Waals surface area contributed by atoms with Crippen molar-refractivity contribution < 1.29 is 28.2 Å². The second kappa shape index (κ2) is 7.90. The molecule has 1 amide bonds. The number of Topliss-reactive ketones (excluding diaryl/α,β-unsaturated/α-hetero) is 1. The van der Waals surface area contributed by atoms with Gasteiger partial charge < -0.3 is 14.3 Å². The van der Waals surface area contributed by atoms with E-state index in [9.17, 15) is 19.1 Å². The smallest absolute Gasteiger partial charge is 0.294 e. The number of carbonyl (C=O) groups excluding carboxylic acids is 2. The lowest BCUT2D eigenvalue weighted by Gasteiger charge is -2.26. The van der Waals surface area contributed by atoms with Gasteiger partial charge in [0.1, 0.15) is 11.9 Å². The number of aryl methyl sites for hydroxylation is 1. The first-order valence-electron chi connectivity index (χ1n) is 10.1. The third kappa shape index (κ3) is 3.30. The fourth-order valence-electron chi connectivity index (χ4n) is 4.06. The first-order chi connectivity index (χ1) is 15.9. The molecular formula is C25H18FNO5S. The minimum absolute atomic E-state index is 0.0241. The Morgan fingerprint density at radius 1 is 1.18 bits per heavy atom. The van der Waals surface area contributed by atoms with Gasteiger partial charge in [0.25, 0.3) is 5.91 Å². The number of ether oxygens (including phenoxy) is 1. The Hall–Kier alpha value is -3.91. The third-order valence-corrected chi connectivity index (χ3v) is 6.73. The number of para-hydroxylation sites is 1. The fraction of sp³-hybridized carbons (Fsp3) is 0.120. The van der Waals surface area contributed by atoms with Gasteiger partial charge in [0.15, 0.2) is 22.9 Å². The van der Waals surface area contributed by atoms with Crippen molar-refractivity contribution in [2.24, 2.45) is 0 Å². The maximum atomic E-state index is 13.6. The largest absolute Gasteiger partial charge is 0.503 e. The van der Waals surface area contributed by atoms with Crippen molar-refractivity contribution in [1.29, 1.82) is 0 Å². The summed E-state index contributed by atoms with van der Waals surface area (Å²) >= 11 is 1.36. The number of aliphatic hydroxyl groups excluding tert-OH is 1. The van der Waals surface area contributed by atoms with Crippen LogP contribution in [0.1, 0.15) is 27.0 Å². The van der Waals surface area contributed by atoms with Crippen LogP contribution in [0, 0.1) is 12.7 Å². The van der Waals surface area contributed by atoms with Gasteiger partial charge in [0, 0.05) is 16.0 Å². The Morgan fingerprint density at radius 3 is 2.61 bits per heavy atom. The summed E-state index contributed by atoms with van der Waals surface area (Å²) in [5, 5.41) is 13.3. The highest BCUT2D eigenvalue weighted by atomic mass is 32.1. The molecule has 0 saturated carbocycles. The van der Waals surface area contributed by atoms with Crippen LogP contribution in [0.4, 0.5) is 10.1 Å². The molecule has 166 valence electrons. The molecule has 0 aliphatic carbocycles. The Balaban J connectivity index is 1.66. The number of ketones is 1. The van der Waals surface area contributed by atoms with Crippen LogP contribution in [-0.2, 0) is 4.79 Å². The van der Waals surface area contributed by atoms with Gasteiger partial charge in [-0.2, -0.15) is 0 Å². The Labute approximate surface area is 192 Å². The number of aliphatic hydroxyl groups is 1. The standard InChI is InChI=1S/C25H18FNO5S/c1-13-10-11-33-24(13)20-19(22(29)25(30)27(20)16-8-6-15(26)7-9-16)21(28)18-12-14-4-3-5-17(31-2)23(14)32-18/h3-12,20,29H,1-2H3. The van der Waals surface area contributed by atoms with Gasteiger partial charge >= 0.3 is 0 Å². The molecule has 1 aliphatic heterocycles. The number of thiophene rings is 1. The van der Waals surface area contributed by atoms with Crippen molar-refractivity contribution in [3.8, 4) is 5.75 Å². The van der Waals surface area contributed by atoms with Crippen LogP contribution in [0.15, 0.2) is 75.7 Å². The molecule has 4 aromatic rings. The van der Waals surface area contributed by atoms with E-state index in [0.717, 1.165) is 5.56 Å². The third-order valence-electron chi connectivity index (χ3n) is 5.66. The molecule has 8 heteroatoms. The van der Waals surface area contributed by atoms with Gasteiger partial charge in [-0.25, -0.2) is 4.39 Å². The zero-order chi connectivity index (χ0) is 23.3. The number of amides is 1. The number of halogens is 1. The average Bonchev–Trinajstić information content (AvgIpc) is 3.50. The summed E-state index contributed by atoms with van der Waals surface area (Å²) in [6, 6.07) is 13.1. The van der Waals surface area contributed by atoms with E-state index in [2.05, 4.69) is 0 Å². The van der Waals surface area contributed by atoms with E-state index < -0.39 is 29.3 Å². The highest BCUT2D eigenvalue weighted by molar-refractivity contribution is 7.10. The quantitative estimate of drug-likeness (QED) is 0.382. The molecule has 1 aliphatic rings. The Morgan fingerprint density at radius 2 is 1.94 bits per heavy atom. The van der Waals surface area contributed by atoms with E-state index in [1.54, 1.807) is 24.3 Å². The van der Waals surface area contributed by atoms with E-state index in [-0.39, 0.29) is 11.3 Å². The molecule has 0 bridgehead atoms. The minimum Gasteiger partial charge on any atom is -0.503 e. The molecule has 1 unspecified atom stereocenters. The fourth-order valence-corrected chi connectivity index (χ4v) is 5.08. The van der Waals surface area contributed by atoms with Crippen molar-refractivity contribution in [3.05, 3.63) is 93.3 Å². The topological polar surface area (TPSA) is 80.0 Å². The van der Waals surface area contributed by atoms with Crippen molar-refractivity contribution in [2.75, 3.05) is 12.0 Å². The maximum absolute atomic E-state index is 13.6. The van der Waals surface area contributed by atoms with E-state index in [1.807, 2.05) is 18.4 Å². The van der Waals surface area contributed by atoms with Gasteiger partial charge in [-0.1, -0.05) is 12.1 Å². The normalized spacial score (nSPS) is 16.2. The van der Waals surface area contributed by atoms with Crippen LogP contribution >= 0.6 is 11.3 Å². The molecule has 1 N–H and O–H groups in total. The SMILES string of the molecule is COc1cccc2cc(C(=O)C3=C(O)C(=O)N(c4ccc(F)cc4)C3c3sccc3C)oc12. The molecule has 3 heterocycles. The number of benzene rings is 2. The number of rotatable bonds is 5. The predicted molar refractivity (Wildman–Crippen MR) is 122 cm³/mol. The number of nitrogens with zero attached hydrogens (tertiary/aromatic N) is 1. The second-order valence-electron chi connectivity index (χ2n) is 7.60. The number of carbonyl (C=O) groups is 2. The molecule has 2 aromatic heterocycles. The van der Waals surface area contributed by atoms with Crippen LogP contribution < -0.4 is 9.64 Å². The van der Waals surface area contributed by atoms with Crippen molar-refractivity contribution >= 4 is 39.7 Å². The van der Waals surface area contributed by atoms with Gasteiger partial charge in [0.2, 0.25) is 5.78 Å². The minimum atomic E-state index is -0.884. The molecule has 33 heavy (non-hydrogen) atoms. The summed E-state index contributed by atoms with van der Waals surface area (Å²) < 4.78 is 24.6. The molecule has 0 radical (unpaired) electrons. The van der Waals surface area contributed by atoms with E-state index >= 15 is 0 Å². The van der Waals surface area contributed by atoms with Crippen LogP contribution in [-0.4, -0.2) is 23.9 Å². The molecule has 0 fully saturated rings. The maximum Gasteiger partial charge on any atom is 0.294 e. The lowest BCUT2D eigenvalue weighted by molar-refractivity contribution is -0.117. The van der Waals surface area contributed by atoms with E-state index in [0.29, 0.717) is 27.3 Å². The first-order valence-corrected chi connectivity index (χ1v) is 11.0. The summed E-state index contributed by atoms with van der Waals surface area (Å²) in [4.78, 5) is 28.8. The Bertz CT molecular complexity index is 1430. The molecule has 1 atom stereocenters. The number of anilines is 1. The zero-order valence-corrected chi connectivity index (χ0v) is 18.5. The van der Waals surface area contributed by atoms with Gasteiger partial charge in [-0.05, 0) is 60.3 Å². The number of fused-ring (bicyclic) bond motifs is 1. The lowest BCUT2D eigenvalue weighted by atomic mass is 9.98. The summed E-state index contributed by atoms with van der Waals surface area (Å²) in [5.74, 6) is -2.03.